The first kappa shape index (κ1) is 17.0. The van der Waals surface area contributed by atoms with Gasteiger partial charge in [-0.1, -0.05) is 42.5 Å². The van der Waals surface area contributed by atoms with E-state index in [-0.39, 0.29) is 18.6 Å². The van der Waals surface area contributed by atoms with E-state index in [0.29, 0.717) is 0 Å². The molecule has 3 rings (SSSR count). The maximum atomic E-state index is 13.7. The summed E-state index contributed by atoms with van der Waals surface area (Å²) in [5, 5.41) is 14.4. The molecule has 0 saturated heterocycles. The van der Waals surface area contributed by atoms with Crippen LogP contribution in [0.15, 0.2) is 60.7 Å². The number of fused-ring (bicyclic) bond motifs is 1. The predicted octanol–water partition coefficient (Wildman–Crippen LogP) is 3.51. The molecule has 0 aliphatic heterocycles. The van der Waals surface area contributed by atoms with Crippen molar-refractivity contribution in [1.29, 1.82) is 0 Å². The van der Waals surface area contributed by atoms with E-state index in [0.717, 1.165) is 28.5 Å². The number of aliphatic hydroxyl groups excluding tert-OH is 1. The van der Waals surface area contributed by atoms with Crippen molar-refractivity contribution in [2.45, 2.75) is 12.5 Å². The quantitative estimate of drug-likeness (QED) is 0.746. The van der Waals surface area contributed by atoms with Gasteiger partial charge in [-0.2, -0.15) is 0 Å². The van der Waals surface area contributed by atoms with Gasteiger partial charge in [0.05, 0.1) is 19.1 Å². The summed E-state index contributed by atoms with van der Waals surface area (Å²) in [6, 6.07) is 15.9. The van der Waals surface area contributed by atoms with E-state index in [1.807, 2.05) is 42.5 Å². The molecular weight excluding hydrogens is 324 g/mol. The molecule has 0 heterocycles. The van der Waals surface area contributed by atoms with Gasteiger partial charge in [0.25, 0.3) is 0 Å². The van der Waals surface area contributed by atoms with Gasteiger partial charge in [-0.15, -0.1) is 0 Å². The number of amides is 1. The van der Waals surface area contributed by atoms with E-state index in [9.17, 15) is 18.7 Å². The van der Waals surface area contributed by atoms with Crippen molar-refractivity contribution in [3.63, 3.8) is 0 Å². The molecule has 0 bridgehead atoms. The molecule has 1 atom stereocenters. The third-order valence-corrected chi connectivity index (χ3v) is 4.06. The molecule has 0 aliphatic rings. The van der Waals surface area contributed by atoms with Crippen molar-refractivity contribution in [2.75, 3.05) is 6.61 Å². The van der Waals surface area contributed by atoms with E-state index in [1.165, 1.54) is 6.07 Å². The van der Waals surface area contributed by atoms with Gasteiger partial charge in [0.1, 0.15) is 11.6 Å². The number of carbonyl (C=O) groups is 1. The Morgan fingerprint density at radius 2 is 1.76 bits per heavy atom. The largest absolute Gasteiger partial charge is 0.394 e. The van der Waals surface area contributed by atoms with E-state index in [4.69, 9.17) is 0 Å². The standard InChI is InChI=1S/C20H17F2NO2/c21-17-8-7-15(18(22)11-17)10-20(25)23-19(12-24)16-6-5-13-3-1-2-4-14(13)9-16/h1-9,11,19,24H,10,12H2,(H,23,25). The first-order valence-electron chi connectivity index (χ1n) is 7.89. The summed E-state index contributed by atoms with van der Waals surface area (Å²) in [4.78, 5) is 12.2. The number of carbonyl (C=O) groups excluding carboxylic acids is 1. The fourth-order valence-corrected chi connectivity index (χ4v) is 2.74. The van der Waals surface area contributed by atoms with Crippen LogP contribution >= 0.6 is 0 Å². The number of rotatable bonds is 5. The smallest absolute Gasteiger partial charge is 0.225 e. The van der Waals surface area contributed by atoms with Crippen LogP contribution in [0.3, 0.4) is 0 Å². The van der Waals surface area contributed by atoms with Crippen molar-refractivity contribution >= 4 is 16.7 Å². The minimum Gasteiger partial charge on any atom is -0.394 e. The fourth-order valence-electron chi connectivity index (χ4n) is 2.74. The number of hydrogen-bond donors (Lipinski definition) is 2. The Morgan fingerprint density at radius 1 is 1.00 bits per heavy atom. The second kappa shape index (κ2) is 7.40. The number of aliphatic hydroxyl groups is 1. The van der Waals surface area contributed by atoms with Crippen LogP contribution in [0, 0.1) is 11.6 Å². The van der Waals surface area contributed by atoms with Crippen LogP contribution in [-0.2, 0) is 11.2 Å². The summed E-state index contributed by atoms with van der Waals surface area (Å²) >= 11 is 0. The van der Waals surface area contributed by atoms with Crippen molar-refractivity contribution < 1.29 is 18.7 Å². The number of benzene rings is 3. The average Bonchev–Trinajstić information content (AvgIpc) is 2.61. The molecule has 1 amide bonds. The van der Waals surface area contributed by atoms with Gasteiger partial charge in [0, 0.05) is 6.07 Å². The predicted molar refractivity (Wildman–Crippen MR) is 92.0 cm³/mol. The number of hydrogen-bond acceptors (Lipinski definition) is 2. The summed E-state index contributed by atoms with van der Waals surface area (Å²) < 4.78 is 26.6. The zero-order valence-corrected chi connectivity index (χ0v) is 13.4. The Labute approximate surface area is 143 Å². The highest BCUT2D eigenvalue weighted by molar-refractivity contribution is 5.83. The monoisotopic (exact) mass is 341 g/mol. The summed E-state index contributed by atoms with van der Waals surface area (Å²) in [5.74, 6) is -1.90. The highest BCUT2D eigenvalue weighted by atomic mass is 19.1. The molecule has 0 aliphatic carbocycles. The van der Waals surface area contributed by atoms with Crippen molar-refractivity contribution in [3.8, 4) is 0 Å². The molecule has 5 heteroatoms. The van der Waals surface area contributed by atoms with E-state index < -0.39 is 23.6 Å². The zero-order chi connectivity index (χ0) is 17.8. The topological polar surface area (TPSA) is 49.3 Å². The highest BCUT2D eigenvalue weighted by Crippen LogP contribution is 2.20. The molecule has 0 spiro atoms. The summed E-state index contributed by atoms with van der Waals surface area (Å²) in [6.45, 7) is -0.282. The normalized spacial score (nSPS) is 12.1. The van der Waals surface area contributed by atoms with Crippen LogP contribution in [0.4, 0.5) is 8.78 Å². The van der Waals surface area contributed by atoms with Crippen LogP contribution in [-0.4, -0.2) is 17.6 Å². The SMILES string of the molecule is O=C(Cc1ccc(F)cc1F)NC(CO)c1ccc2ccccc2c1. The lowest BCUT2D eigenvalue weighted by Gasteiger charge is -2.17. The maximum absolute atomic E-state index is 13.7. The molecule has 0 saturated carbocycles. The second-order valence-corrected chi connectivity index (χ2v) is 5.82. The summed E-state index contributed by atoms with van der Waals surface area (Å²) in [7, 11) is 0. The molecule has 0 radical (unpaired) electrons. The molecule has 0 fully saturated rings. The Balaban J connectivity index is 1.75. The van der Waals surface area contributed by atoms with Crippen LogP contribution in [0.25, 0.3) is 10.8 Å². The summed E-state index contributed by atoms with van der Waals surface area (Å²) in [5.41, 5.74) is 0.864. The Bertz CT molecular complexity index is 911. The minimum atomic E-state index is -0.763. The molecule has 3 aromatic carbocycles. The summed E-state index contributed by atoms with van der Waals surface area (Å²) in [6.07, 6.45) is -0.226. The van der Waals surface area contributed by atoms with Gasteiger partial charge < -0.3 is 10.4 Å². The second-order valence-electron chi connectivity index (χ2n) is 5.82. The van der Waals surface area contributed by atoms with Gasteiger partial charge in [-0.3, -0.25) is 4.79 Å². The Kier molecular flexibility index (Phi) is 5.05. The van der Waals surface area contributed by atoms with E-state index in [1.54, 1.807) is 0 Å². The molecule has 3 nitrogen and oxygen atoms in total. The molecule has 128 valence electrons. The van der Waals surface area contributed by atoms with Crippen molar-refractivity contribution in [1.82, 2.24) is 5.32 Å². The highest BCUT2D eigenvalue weighted by Gasteiger charge is 2.16. The first-order valence-corrected chi connectivity index (χ1v) is 7.89. The molecule has 3 aromatic rings. The number of halogens is 2. The van der Waals surface area contributed by atoms with E-state index in [2.05, 4.69) is 5.32 Å². The van der Waals surface area contributed by atoms with Gasteiger partial charge in [-0.05, 0) is 34.0 Å². The van der Waals surface area contributed by atoms with E-state index >= 15 is 0 Å². The first-order chi connectivity index (χ1) is 12.1. The minimum absolute atomic E-state index is 0.106. The third-order valence-electron chi connectivity index (χ3n) is 4.06. The van der Waals surface area contributed by atoms with Gasteiger partial charge in [-0.25, -0.2) is 8.78 Å². The maximum Gasteiger partial charge on any atom is 0.225 e. The lowest BCUT2D eigenvalue weighted by atomic mass is 10.0. The molecule has 1 unspecified atom stereocenters. The molecule has 2 N–H and O–H groups in total. The Morgan fingerprint density at radius 3 is 2.48 bits per heavy atom. The average molecular weight is 341 g/mol. The van der Waals surface area contributed by atoms with Crippen LogP contribution < -0.4 is 5.32 Å². The lowest BCUT2D eigenvalue weighted by Crippen LogP contribution is -2.32. The van der Waals surface area contributed by atoms with Gasteiger partial charge >= 0.3 is 0 Å². The van der Waals surface area contributed by atoms with Crippen molar-refractivity contribution in [3.05, 3.63) is 83.4 Å². The number of nitrogens with one attached hydrogen (secondary N) is 1. The van der Waals surface area contributed by atoms with Crippen molar-refractivity contribution in [2.24, 2.45) is 0 Å². The van der Waals surface area contributed by atoms with Crippen LogP contribution in [0.1, 0.15) is 17.2 Å². The third kappa shape index (κ3) is 4.00. The fraction of sp³-hybridized carbons (Fsp3) is 0.150. The molecule has 0 aromatic heterocycles. The lowest BCUT2D eigenvalue weighted by molar-refractivity contribution is -0.121. The molecular formula is C20H17F2NO2. The van der Waals surface area contributed by atoms with Gasteiger partial charge in [0.2, 0.25) is 5.91 Å². The van der Waals surface area contributed by atoms with Gasteiger partial charge in [0.15, 0.2) is 0 Å². The molecule has 25 heavy (non-hydrogen) atoms. The Hall–Kier alpha value is -2.79. The van der Waals surface area contributed by atoms with Crippen LogP contribution in [0.2, 0.25) is 0 Å². The van der Waals surface area contributed by atoms with Crippen LogP contribution in [0.5, 0.6) is 0 Å². The zero-order valence-electron chi connectivity index (χ0n) is 13.4.